The summed E-state index contributed by atoms with van der Waals surface area (Å²) in [6.45, 7) is 3.88. The van der Waals surface area contributed by atoms with Gasteiger partial charge in [0.25, 0.3) is 0 Å². The van der Waals surface area contributed by atoms with Gasteiger partial charge in [0.15, 0.2) is 11.5 Å². The lowest BCUT2D eigenvalue weighted by Crippen LogP contribution is -2.14. The van der Waals surface area contributed by atoms with Crippen LogP contribution in [0.2, 0.25) is 0 Å². The third-order valence-electron chi connectivity index (χ3n) is 4.33. The highest BCUT2D eigenvalue weighted by Gasteiger charge is 2.36. The van der Waals surface area contributed by atoms with E-state index in [0.29, 0.717) is 28.2 Å². The van der Waals surface area contributed by atoms with E-state index in [2.05, 4.69) is 0 Å². The van der Waals surface area contributed by atoms with Crippen molar-refractivity contribution in [2.24, 2.45) is 0 Å². The second-order valence-corrected chi connectivity index (χ2v) is 5.92. The van der Waals surface area contributed by atoms with Gasteiger partial charge in [0.05, 0.1) is 20.8 Å². The lowest BCUT2D eigenvalue weighted by molar-refractivity contribution is -0.137. The maximum absolute atomic E-state index is 13.0. The zero-order valence-corrected chi connectivity index (χ0v) is 15.2. The molecule has 0 heterocycles. The standard InChI is InChI=1S/C21H20O5/c1-5-26-21(23)19-18(13-8-6-12(2)7-9-13)14-10-16(24-3)17(25-4)11-15(14)20(19)22/h6-11H,5H2,1-4H3. The molecule has 0 fully saturated rings. The molecule has 5 nitrogen and oxygen atoms in total. The van der Waals surface area contributed by atoms with E-state index < -0.39 is 5.97 Å². The number of hydrogen-bond acceptors (Lipinski definition) is 5. The van der Waals surface area contributed by atoms with E-state index >= 15 is 0 Å². The van der Waals surface area contributed by atoms with Crippen molar-refractivity contribution in [3.63, 3.8) is 0 Å². The minimum Gasteiger partial charge on any atom is -0.493 e. The number of hydrogen-bond donors (Lipinski definition) is 0. The number of fused-ring (bicyclic) bond motifs is 1. The molecule has 134 valence electrons. The zero-order chi connectivity index (χ0) is 18.8. The number of Topliss-reactive ketones (excluding diaryl/α,β-unsaturated/α-hetero) is 1. The summed E-state index contributed by atoms with van der Waals surface area (Å²) in [5.41, 5.74) is 3.51. The van der Waals surface area contributed by atoms with Crippen molar-refractivity contribution in [1.29, 1.82) is 0 Å². The summed E-state index contributed by atoms with van der Waals surface area (Å²) in [6, 6.07) is 11.0. The highest BCUT2D eigenvalue weighted by atomic mass is 16.5. The molecule has 0 saturated carbocycles. The smallest absolute Gasteiger partial charge is 0.342 e. The average Bonchev–Trinajstić information content (AvgIpc) is 2.93. The van der Waals surface area contributed by atoms with Crippen LogP contribution in [0.3, 0.4) is 0 Å². The maximum Gasteiger partial charge on any atom is 0.342 e. The summed E-state index contributed by atoms with van der Waals surface area (Å²) in [7, 11) is 3.03. The highest BCUT2D eigenvalue weighted by molar-refractivity contribution is 6.35. The molecule has 0 bridgehead atoms. The summed E-state index contributed by atoms with van der Waals surface area (Å²) in [4.78, 5) is 25.5. The van der Waals surface area contributed by atoms with Crippen molar-refractivity contribution in [2.45, 2.75) is 13.8 Å². The monoisotopic (exact) mass is 352 g/mol. The van der Waals surface area contributed by atoms with Crippen LogP contribution in [0.25, 0.3) is 5.57 Å². The molecule has 0 atom stereocenters. The Bertz CT molecular complexity index is 907. The number of carbonyl (C=O) groups is 2. The molecular weight excluding hydrogens is 332 g/mol. The first-order valence-corrected chi connectivity index (χ1v) is 8.31. The highest BCUT2D eigenvalue weighted by Crippen LogP contribution is 2.43. The van der Waals surface area contributed by atoms with Crippen molar-refractivity contribution in [1.82, 2.24) is 0 Å². The Labute approximate surface area is 152 Å². The van der Waals surface area contributed by atoms with E-state index in [9.17, 15) is 9.59 Å². The van der Waals surface area contributed by atoms with E-state index in [1.165, 1.54) is 14.2 Å². The predicted octanol–water partition coefficient (Wildman–Crippen LogP) is 3.57. The first kappa shape index (κ1) is 17.7. The van der Waals surface area contributed by atoms with Crippen LogP contribution in [0.15, 0.2) is 42.0 Å². The lowest BCUT2D eigenvalue weighted by Gasteiger charge is -2.12. The Morgan fingerprint density at radius 1 is 0.962 bits per heavy atom. The van der Waals surface area contributed by atoms with Crippen molar-refractivity contribution in [3.05, 3.63) is 64.2 Å². The van der Waals surface area contributed by atoms with Crippen molar-refractivity contribution in [2.75, 3.05) is 20.8 Å². The quantitative estimate of drug-likeness (QED) is 0.608. The number of rotatable bonds is 5. The average molecular weight is 352 g/mol. The fraction of sp³-hybridized carbons (Fsp3) is 0.238. The molecule has 5 heteroatoms. The predicted molar refractivity (Wildman–Crippen MR) is 97.7 cm³/mol. The van der Waals surface area contributed by atoms with E-state index in [1.54, 1.807) is 19.1 Å². The van der Waals surface area contributed by atoms with Gasteiger partial charge in [-0.25, -0.2) is 4.79 Å². The SMILES string of the molecule is CCOC(=O)C1=C(c2ccc(C)cc2)c2cc(OC)c(OC)cc2C1=O. The summed E-state index contributed by atoms with van der Waals surface area (Å²) in [6.07, 6.45) is 0. The van der Waals surface area contributed by atoms with Gasteiger partial charge < -0.3 is 14.2 Å². The second-order valence-electron chi connectivity index (χ2n) is 5.92. The van der Waals surface area contributed by atoms with Gasteiger partial charge in [0.2, 0.25) is 5.78 Å². The Hall–Kier alpha value is -3.08. The Morgan fingerprint density at radius 2 is 1.54 bits per heavy atom. The molecule has 0 aromatic heterocycles. The van der Waals surface area contributed by atoms with E-state index in [1.807, 2.05) is 31.2 Å². The van der Waals surface area contributed by atoms with Gasteiger partial charge in [-0.2, -0.15) is 0 Å². The first-order valence-electron chi connectivity index (χ1n) is 8.31. The molecule has 2 aromatic rings. The third kappa shape index (κ3) is 2.86. The number of ketones is 1. The molecule has 26 heavy (non-hydrogen) atoms. The van der Waals surface area contributed by atoms with Gasteiger partial charge in [-0.3, -0.25) is 4.79 Å². The van der Waals surface area contributed by atoms with Crippen molar-refractivity contribution >= 4 is 17.3 Å². The zero-order valence-electron chi connectivity index (χ0n) is 15.2. The van der Waals surface area contributed by atoms with Gasteiger partial charge in [-0.05, 0) is 37.1 Å². The van der Waals surface area contributed by atoms with Crippen LogP contribution in [0.5, 0.6) is 11.5 Å². The molecule has 0 unspecified atom stereocenters. The molecule has 3 rings (SSSR count). The fourth-order valence-corrected chi connectivity index (χ4v) is 3.07. The van der Waals surface area contributed by atoms with Crippen LogP contribution in [0.1, 0.15) is 34.0 Å². The van der Waals surface area contributed by atoms with E-state index in [0.717, 1.165) is 11.1 Å². The van der Waals surface area contributed by atoms with Gasteiger partial charge >= 0.3 is 5.97 Å². The van der Waals surface area contributed by atoms with Crippen LogP contribution in [0, 0.1) is 6.92 Å². The summed E-state index contributed by atoms with van der Waals surface area (Å²) >= 11 is 0. The maximum atomic E-state index is 13.0. The molecule has 0 spiro atoms. The Kier molecular flexibility index (Phi) is 4.80. The van der Waals surface area contributed by atoms with Crippen molar-refractivity contribution in [3.8, 4) is 11.5 Å². The van der Waals surface area contributed by atoms with E-state index in [4.69, 9.17) is 14.2 Å². The molecule has 1 aliphatic carbocycles. The molecule has 2 aromatic carbocycles. The summed E-state index contributed by atoms with van der Waals surface area (Å²) in [5.74, 6) is -0.0566. The van der Waals surface area contributed by atoms with Gasteiger partial charge in [0, 0.05) is 11.1 Å². The normalized spacial score (nSPS) is 12.8. The van der Waals surface area contributed by atoms with Crippen molar-refractivity contribution < 1.29 is 23.8 Å². The number of carbonyl (C=O) groups excluding carboxylic acids is 2. The number of aryl methyl sites for hydroxylation is 1. The molecular formula is C21H20O5. The number of ether oxygens (including phenoxy) is 3. The second kappa shape index (κ2) is 7.04. The topological polar surface area (TPSA) is 61.8 Å². The Balaban J connectivity index is 2.28. The number of esters is 1. The largest absolute Gasteiger partial charge is 0.493 e. The molecule has 0 N–H and O–H groups in total. The summed E-state index contributed by atoms with van der Waals surface area (Å²) < 4.78 is 15.8. The minimum absolute atomic E-state index is 0.0426. The molecule has 1 aliphatic rings. The minimum atomic E-state index is -0.623. The van der Waals surface area contributed by atoms with Gasteiger partial charge in [-0.15, -0.1) is 0 Å². The summed E-state index contributed by atoms with van der Waals surface area (Å²) in [5, 5.41) is 0. The molecule has 0 saturated heterocycles. The first-order chi connectivity index (χ1) is 12.5. The molecule has 0 aliphatic heterocycles. The third-order valence-corrected chi connectivity index (χ3v) is 4.33. The van der Waals surface area contributed by atoms with Crippen LogP contribution in [-0.2, 0) is 9.53 Å². The van der Waals surface area contributed by atoms with Gasteiger partial charge in [-0.1, -0.05) is 29.8 Å². The van der Waals surface area contributed by atoms with E-state index in [-0.39, 0.29) is 18.0 Å². The van der Waals surface area contributed by atoms with Crippen LogP contribution in [-0.4, -0.2) is 32.6 Å². The van der Waals surface area contributed by atoms with Crippen LogP contribution in [0.4, 0.5) is 0 Å². The van der Waals surface area contributed by atoms with Crippen LogP contribution >= 0.6 is 0 Å². The number of methoxy groups -OCH3 is 2. The van der Waals surface area contributed by atoms with Crippen LogP contribution < -0.4 is 9.47 Å². The van der Waals surface area contributed by atoms with Gasteiger partial charge in [0.1, 0.15) is 5.57 Å². The molecule has 0 radical (unpaired) electrons. The molecule has 0 amide bonds. The number of benzene rings is 2. The Morgan fingerprint density at radius 3 is 2.08 bits per heavy atom. The fourth-order valence-electron chi connectivity index (χ4n) is 3.07. The lowest BCUT2D eigenvalue weighted by atomic mass is 9.96.